The second-order valence-electron chi connectivity index (χ2n) is 8.29. The van der Waals surface area contributed by atoms with E-state index in [1.165, 1.54) is 31.4 Å². The Hall–Kier alpha value is -3.81. The van der Waals surface area contributed by atoms with Gasteiger partial charge in [-0.05, 0) is 43.2 Å². The fraction of sp³-hybridized carbons (Fsp3) is 0.269. The first-order valence-corrected chi connectivity index (χ1v) is 10.9. The van der Waals surface area contributed by atoms with E-state index >= 15 is 0 Å². The van der Waals surface area contributed by atoms with E-state index in [0.717, 1.165) is 11.6 Å². The second kappa shape index (κ2) is 8.85. The van der Waals surface area contributed by atoms with Crippen LogP contribution in [0.4, 0.5) is 8.78 Å². The number of methoxy groups -OCH3 is 1. The third-order valence-corrected chi connectivity index (χ3v) is 6.16. The van der Waals surface area contributed by atoms with Crippen LogP contribution in [0.1, 0.15) is 41.6 Å². The van der Waals surface area contributed by atoms with Crippen LogP contribution in [0, 0.1) is 11.6 Å². The Morgan fingerprint density at radius 3 is 2.74 bits per heavy atom. The molecule has 0 unspecified atom stereocenters. The van der Waals surface area contributed by atoms with Crippen LogP contribution in [0.2, 0.25) is 0 Å². The molecular formula is C26H22F2O6. The normalized spacial score (nSPS) is 18.1. The molecule has 1 N–H and O–H groups in total. The van der Waals surface area contributed by atoms with E-state index in [2.05, 4.69) is 0 Å². The standard InChI is InChI=1S/C26H22F2O6/c1-31-25(30)10-14-13-32-23-12-16(3-4-17(14)23)33-22-8-5-18-21(9-7-20(28)26(18)22)34-24-11-15(29)2-6-19(24)27/h2-4,6-7,9,11-12,14,22,29H,5,8,10,13H2,1H3/t14-,22-/m1/s1. The first kappa shape index (κ1) is 22.0. The Morgan fingerprint density at radius 2 is 1.91 bits per heavy atom. The Morgan fingerprint density at radius 1 is 1.09 bits per heavy atom. The molecule has 0 bridgehead atoms. The Kier molecular flexibility index (Phi) is 5.73. The van der Waals surface area contributed by atoms with Gasteiger partial charge in [0.15, 0.2) is 11.6 Å². The van der Waals surface area contributed by atoms with Crippen LogP contribution in [0.3, 0.4) is 0 Å². The largest absolute Gasteiger partial charge is 0.508 e. The van der Waals surface area contributed by atoms with Gasteiger partial charge in [-0.3, -0.25) is 4.79 Å². The minimum Gasteiger partial charge on any atom is -0.508 e. The maximum atomic E-state index is 14.8. The van der Waals surface area contributed by atoms with Crippen LogP contribution in [0.25, 0.3) is 0 Å². The van der Waals surface area contributed by atoms with Crippen molar-refractivity contribution in [1.82, 2.24) is 0 Å². The molecule has 0 spiro atoms. The van der Waals surface area contributed by atoms with Crippen molar-refractivity contribution in [3.05, 3.63) is 76.9 Å². The second-order valence-corrected chi connectivity index (χ2v) is 8.29. The molecular weight excluding hydrogens is 446 g/mol. The molecule has 1 heterocycles. The molecule has 3 aromatic rings. The summed E-state index contributed by atoms with van der Waals surface area (Å²) in [5.41, 5.74) is 1.87. The molecule has 0 radical (unpaired) electrons. The number of phenolic OH excluding ortho intramolecular Hbond substituents is 1. The number of carbonyl (C=O) groups is 1. The Labute approximate surface area is 194 Å². The van der Waals surface area contributed by atoms with Gasteiger partial charge in [0, 0.05) is 34.7 Å². The SMILES string of the molecule is COC(=O)C[C@@H]1COc2cc(O[C@@H]3CCc4c(Oc5cc(O)ccc5F)ccc(F)c43)ccc21. The van der Waals surface area contributed by atoms with Crippen molar-refractivity contribution in [3.63, 3.8) is 0 Å². The number of rotatable bonds is 6. The van der Waals surface area contributed by atoms with Crippen LogP contribution in [0.15, 0.2) is 48.5 Å². The van der Waals surface area contributed by atoms with Gasteiger partial charge in [0.1, 0.15) is 34.9 Å². The summed E-state index contributed by atoms with van der Waals surface area (Å²) in [5, 5.41) is 9.64. The lowest BCUT2D eigenvalue weighted by Gasteiger charge is -2.17. The number of carbonyl (C=O) groups excluding carboxylic acids is 1. The number of phenols is 1. The van der Waals surface area contributed by atoms with Crippen molar-refractivity contribution in [3.8, 4) is 28.7 Å². The zero-order valence-electron chi connectivity index (χ0n) is 18.3. The number of esters is 1. The first-order valence-electron chi connectivity index (χ1n) is 10.9. The lowest BCUT2D eigenvalue weighted by Crippen LogP contribution is -2.09. The van der Waals surface area contributed by atoms with E-state index in [4.69, 9.17) is 18.9 Å². The minimum absolute atomic E-state index is 0.0846. The molecule has 0 saturated heterocycles. The maximum Gasteiger partial charge on any atom is 0.306 e. The quantitative estimate of drug-likeness (QED) is 0.477. The first-order chi connectivity index (χ1) is 16.4. The molecule has 2 atom stereocenters. The van der Waals surface area contributed by atoms with Crippen molar-refractivity contribution in [2.24, 2.45) is 0 Å². The van der Waals surface area contributed by atoms with Gasteiger partial charge in [-0.25, -0.2) is 8.78 Å². The number of hydrogen-bond donors (Lipinski definition) is 1. The zero-order valence-corrected chi connectivity index (χ0v) is 18.3. The molecule has 5 rings (SSSR count). The minimum atomic E-state index is -0.634. The average molecular weight is 468 g/mol. The average Bonchev–Trinajstić information content (AvgIpc) is 3.43. The van der Waals surface area contributed by atoms with Crippen LogP contribution < -0.4 is 14.2 Å². The third kappa shape index (κ3) is 4.11. The summed E-state index contributed by atoms with van der Waals surface area (Å²) in [4.78, 5) is 11.6. The van der Waals surface area contributed by atoms with Crippen LogP contribution in [0.5, 0.6) is 28.7 Å². The summed E-state index contributed by atoms with van der Waals surface area (Å²) < 4.78 is 51.2. The highest BCUT2D eigenvalue weighted by molar-refractivity contribution is 5.71. The molecule has 34 heavy (non-hydrogen) atoms. The molecule has 0 amide bonds. The fourth-order valence-corrected chi connectivity index (χ4v) is 4.49. The van der Waals surface area contributed by atoms with E-state index in [1.807, 2.05) is 6.07 Å². The van der Waals surface area contributed by atoms with Crippen molar-refractivity contribution in [2.45, 2.75) is 31.3 Å². The highest BCUT2D eigenvalue weighted by atomic mass is 19.1. The molecule has 0 aromatic heterocycles. The monoisotopic (exact) mass is 468 g/mol. The van der Waals surface area contributed by atoms with Gasteiger partial charge in [-0.15, -0.1) is 0 Å². The predicted molar refractivity (Wildman–Crippen MR) is 118 cm³/mol. The summed E-state index contributed by atoms with van der Waals surface area (Å²) in [6.07, 6.45) is 0.666. The molecule has 8 heteroatoms. The van der Waals surface area contributed by atoms with Gasteiger partial charge in [-0.1, -0.05) is 6.07 Å². The predicted octanol–water partition coefficient (Wildman–Crippen LogP) is 5.57. The number of hydrogen-bond acceptors (Lipinski definition) is 6. The number of ether oxygens (including phenoxy) is 4. The molecule has 1 aliphatic carbocycles. The highest BCUT2D eigenvalue weighted by Crippen LogP contribution is 2.44. The number of benzene rings is 3. The molecule has 3 aromatic carbocycles. The molecule has 176 valence electrons. The van der Waals surface area contributed by atoms with Crippen molar-refractivity contribution in [1.29, 1.82) is 0 Å². The van der Waals surface area contributed by atoms with E-state index < -0.39 is 17.7 Å². The van der Waals surface area contributed by atoms with Crippen LogP contribution >= 0.6 is 0 Å². The van der Waals surface area contributed by atoms with Gasteiger partial charge in [-0.2, -0.15) is 0 Å². The third-order valence-electron chi connectivity index (χ3n) is 6.16. The number of halogens is 2. The summed E-state index contributed by atoms with van der Waals surface area (Å²) in [5.74, 6) is -0.278. The summed E-state index contributed by atoms with van der Waals surface area (Å²) in [6.45, 7) is 0.376. The Balaban J connectivity index is 1.37. The fourth-order valence-electron chi connectivity index (χ4n) is 4.49. The molecule has 2 aliphatic rings. The maximum absolute atomic E-state index is 14.8. The van der Waals surface area contributed by atoms with E-state index in [-0.39, 0.29) is 29.8 Å². The van der Waals surface area contributed by atoms with Crippen molar-refractivity contribution >= 4 is 5.97 Å². The van der Waals surface area contributed by atoms with Gasteiger partial charge in [0.05, 0.1) is 20.1 Å². The highest BCUT2D eigenvalue weighted by Gasteiger charge is 2.32. The number of aromatic hydroxyl groups is 1. The lowest BCUT2D eigenvalue weighted by atomic mass is 9.98. The molecule has 6 nitrogen and oxygen atoms in total. The Bertz CT molecular complexity index is 1260. The van der Waals surface area contributed by atoms with Crippen molar-refractivity contribution in [2.75, 3.05) is 13.7 Å². The summed E-state index contributed by atoms with van der Waals surface area (Å²) >= 11 is 0. The van der Waals surface area contributed by atoms with Gasteiger partial charge in [0.25, 0.3) is 0 Å². The van der Waals surface area contributed by atoms with Crippen LogP contribution in [-0.4, -0.2) is 24.8 Å². The van der Waals surface area contributed by atoms with E-state index in [0.29, 0.717) is 47.8 Å². The summed E-state index contributed by atoms with van der Waals surface area (Å²) in [6, 6.07) is 11.6. The van der Waals surface area contributed by atoms with E-state index in [9.17, 15) is 18.7 Å². The smallest absolute Gasteiger partial charge is 0.306 e. The van der Waals surface area contributed by atoms with Gasteiger partial charge >= 0.3 is 5.97 Å². The lowest BCUT2D eigenvalue weighted by molar-refractivity contribution is -0.141. The van der Waals surface area contributed by atoms with Gasteiger partial charge < -0.3 is 24.1 Å². The molecule has 0 saturated carbocycles. The zero-order chi connectivity index (χ0) is 23.8. The van der Waals surface area contributed by atoms with E-state index in [1.54, 1.807) is 12.1 Å². The number of fused-ring (bicyclic) bond motifs is 2. The van der Waals surface area contributed by atoms with Crippen molar-refractivity contribution < 1.29 is 37.6 Å². The van der Waals surface area contributed by atoms with Crippen LogP contribution in [-0.2, 0) is 16.0 Å². The molecule has 0 fully saturated rings. The topological polar surface area (TPSA) is 74.2 Å². The van der Waals surface area contributed by atoms with Gasteiger partial charge in [0.2, 0.25) is 0 Å². The summed E-state index contributed by atoms with van der Waals surface area (Å²) in [7, 11) is 1.35. The molecule has 1 aliphatic heterocycles.